The Morgan fingerprint density at radius 1 is 1.30 bits per heavy atom. The predicted molar refractivity (Wildman–Crippen MR) is 93.8 cm³/mol. The molecule has 0 aromatic heterocycles. The molecule has 1 atom stereocenters. The van der Waals surface area contributed by atoms with Gasteiger partial charge in [0.15, 0.2) is 0 Å². The minimum atomic E-state index is -0.453. The third-order valence-corrected chi connectivity index (χ3v) is 4.10. The van der Waals surface area contributed by atoms with Gasteiger partial charge < -0.3 is 15.0 Å². The summed E-state index contributed by atoms with van der Waals surface area (Å²) >= 11 is 0. The van der Waals surface area contributed by atoms with Gasteiger partial charge in [-0.05, 0) is 44.2 Å². The normalized spacial score (nSPS) is 19.0. The fourth-order valence-corrected chi connectivity index (χ4v) is 2.81. The molecule has 2 rings (SSSR count). The van der Waals surface area contributed by atoms with Crippen LogP contribution in [0.15, 0.2) is 24.3 Å². The van der Waals surface area contributed by atoms with Crippen LogP contribution in [0, 0.1) is 0 Å². The van der Waals surface area contributed by atoms with Crippen LogP contribution in [0.4, 0.5) is 4.79 Å². The summed E-state index contributed by atoms with van der Waals surface area (Å²) in [5.41, 5.74) is 2.15. The second-order valence-electron chi connectivity index (χ2n) is 7.63. The number of benzene rings is 1. The van der Waals surface area contributed by atoms with E-state index in [9.17, 15) is 4.79 Å². The monoisotopic (exact) mass is 318 g/mol. The number of nitrogens with zero attached hydrogens (tertiary/aromatic N) is 1. The highest BCUT2D eigenvalue weighted by Gasteiger charge is 2.30. The van der Waals surface area contributed by atoms with Gasteiger partial charge in [-0.15, -0.1) is 0 Å². The smallest absolute Gasteiger partial charge is 0.410 e. The van der Waals surface area contributed by atoms with Crippen molar-refractivity contribution in [3.05, 3.63) is 35.4 Å². The lowest BCUT2D eigenvalue weighted by Gasteiger charge is -2.37. The standard InChI is InChI=1S/C19H30N2O2/c1-14(2)16-8-6-15(7-9-16)12-17-13-20-10-11-21(17)18(22)23-19(3,4)5/h6-9,14,17,20H,10-13H2,1-5H3. The van der Waals surface area contributed by atoms with Crippen LogP contribution < -0.4 is 5.32 Å². The first-order chi connectivity index (χ1) is 10.8. The van der Waals surface area contributed by atoms with Gasteiger partial charge in [0.05, 0.1) is 6.04 Å². The number of hydrogen-bond donors (Lipinski definition) is 1. The zero-order chi connectivity index (χ0) is 17.0. The van der Waals surface area contributed by atoms with Crippen molar-refractivity contribution >= 4 is 6.09 Å². The zero-order valence-corrected chi connectivity index (χ0v) is 15.1. The molecule has 0 aliphatic carbocycles. The summed E-state index contributed by atoms with van der Waals surface area (Å²) < 4.78 is 5.55. The molecule has 1 heterocycles. The molecule has 4 nitrogen and oxygen atoms in total. The van der Waals surface area contributed by atoms with E-state index in [1.165, 1.54) is 11.1 Å². The fourth-order valence-electron chi connectivity index (χ4n) is 2.81. The first kappa shape index (κ1) is 17.8. The van der Waals surface area contributed by atoms with Crippen LogP contribution in [0.3, 0.4) is 0 Å². The summed E-state index contributed by atoms with van der Waals surface area (Å²) in [4.78, 5) is 14.3. The van der Waals surface area contributed by atoms with Crippen molar-refractivity contribution in [1.82, 2.24) is 10.2 Å². The Bertz CT molecular complexity index is 517. The molecular weight excluding hydrogens is 288 g/mol. The Morgan fingerprint density at radius 3 is 2.52 bits per heavy atom. The van der Waals surface area contributed by atoms with Gasteiger partial charge in [-0.25, -0.2) is 4.79 Å². The van der Waals surface area contributed by atoms with Crippen LogP contribution in [0.2, 0.25) is 0 Å². The van der Waals surface area contributed by atoms with Crippen molar-refractivity contribution in [1.29, 1.82) is 0 Å². The molecule has 1 unspecified atom stereocenters. The van der Waals surface area contributed by atoms with Crippen molar-refractivity contribution in [3.63, 3.8) is 0 Å². The molecule has 0 spiro atoms. The molecule has 1 saturated heterocycles. The maximum atomic E-state index is 12.4. The summed E-state index contributed by atoms with van der Waals surface area (Å²) in [5.74, 6) is 0.540. The molecule has 0 bridgehead atoms. The number of hydrogen-bond acceptors (Lipinski definition) is 3. The Kier molecular flexibility index (Phi) is 5.69. The zero-order valence-electron chi connectivity index (χ0n) is 15.1. The van der Waals surface area contributed by atoms with E-state index in [-0.39, 0.29) is 12.1 Å². The molecule has 4 heteroatoms. The number of nitrogens with one attached hydrogen (secondary N) is 1. The first-order valence-corrected chi connectivity index (χ1v) is 8.55. The lowest BCUT2D eigenvalue weighted by molar-refractivity contribution is 0.0122. The van der Waals surface area contributed by atoms with Gasteiger partial charge in [0, 0.05) is 19.6 Å². The average Bonchev–Trinajstić information content (AvgIpc) is 2.46. The summed E-state index contributed by atoms with van der Waals surface area (Å²) in [6.45, 7) is 12.5. The highest BCUT2D eigenvalue weighted by molar-refractivity contribution is 5.68. The van der Waals surface area contributed by atoms with Gasteiger partial charge in [0.25, 0.3) is 0 Å². The highest BCUT2D eigenvalue weighted by Crippen LogP contribution is 2.19. The largest absolute Gasteiger partial charge is 0.444 e. The van der Waals surface area contributed by atoms with Crippen LogP contribution >= 0.6 is 0 Å². The van der Waals surface area contributed by atoms with E-state index in [1.807, 2.05) is 25.7 Å². The molecule has 0 saturated carbocycles. The summed E-state index contributed by atoms with van der Waals surface area (Å²) in [6.07, 6.45) is 0.646. The molecule has 0 radical (unpaired) electrons. The molecule has 1 fully saturated rings. The van der Waals surface area contributed by atoms with E-state index in [4.69, 9.17) is 4.74 Å². The number of carbonyl (C=O) groups excluding carboxylic acids is 1. The quantitative estimate of drug-likeness (QED) is 0.926. The van der Waals surface area contributed by atoms with Gasteiger partial charge in [0.2, 0.25) is 0 Å². The Labute approximate surface area is 140 Å². The maximum Gasteiger partial charge on any atom is 0.410 e. The summed E-state index contributed by atoms with van der Waals surface area (Å²) in [6, 6.07) is 8.87. The van der Waals surface area contributed by atoms with Crippen molar-refractivity contribution in [2.75, 3.05) is 19.6 Å². The van der Waals surface area contributed by atoms with Gasteiger partial charge in [-0.2, -0.15) is 0 Å². The number of ether oxygens (including phenoxy) is 1. The molecule has 1 amide bonds. The van der Waals surface area contributed by atoms with E-state index in [0.717, 1.165) is 19.5 Å². The maximum absolute atomic E-state index is 12.4. The van der Waals surface area contributed by atoms with Crippen molar-refractivity contribution in [2.24, 2.45) is 0 Å². The molecular formula is C19H30N2O2. The van der Waals surface area contributed by atoms with E-state index in [2.05, 4.69) is 43.4 Å². The molecule has 1 aromatic carbocycles. The topological polar surface area (TPSA) is 41.6 Å². The van der Waals surface area contributed by atoms with Crippen LogP contribution in [-0.2, 0) is 11.2 Å². The van der Waals surface area contributed by atoms with E-state index < -0.39 is 5.60 Å². The minimum absolute atomic E-state index is 0.142. The third-order valence-electron chi connectivity index (χ3n) is 4.10. The SMILES string of the molecule is CC(C)c1ccc(CC2CNCCN2C(=O)OC(C)(C)C)cc1. The summed E-state index contributed by atoms with van der Waals surface area (Å²) in [7, 11) is 0. The summed E-state index contributed by atoms with van der Waals surface area (Å²) in [5, 5.41) is 3.38. The van der Waals surface area contributed by atoms with E-state index in [1.54, 1.807) is 0 Å². The number of amides is 1. The Balaban J connectivity index is 2.04. The molecule has 23 heavy (non-hydrogen) atoms. The average molecular weight is 318 g/mol. The Morgan fingerprint density at radius 2 is 1.96 bits per heavy atom. The molecule has 1 aliphatic heterocycles. The van der Waals surface area contributed by atoms with Crippen LogP contribution in [0.1, 0.15) is 51.7 Å². The second-order valence-corrected chi connectivity index (χ2v) is 7.63. The molecule has 1 aromatic rings. The minimum Gasteiger partial charge on any atom is -0.444 e. The second kappa shape index (κ2) is 7.35. The lowest BCUT2D eigenvalue weighted by Crippen LogP contribution is -2.55. The fraction of sp³-hybridized carbons (Fsp3) is 0.632. The Hall–Kier alpha value is -1.55. The van der Waals surface area contributed by atoms with E-state index >= 15 is 0 Å². The molecule has 128 valence electrons. The first-order valence-electron chi connectivity index (χ1n) is 8.55. The van der Waals surface area contributed by atoms with Gasteiger partial charge in [0.1, 0.15) is 5.60 Å². The predicted octanol–water partition coefficient (Wildman–Crippen LogP) is 3.56. The van der Waals surface area contributed by atoms with Crippen LogP contribution in [0.5, 0.6) is 0 Å². The number of piperazine rings is 1. The van der Waals surface area contributed by atoms with Crippen molar-refractivity contribution < 1.29 is 9.53 Å². The van der Waals surface area contributed by atoms with Crippen molar-refractivity contribution in [3.8, 4) is 0 Å². The van der Waals surface area contributed by atoms with E-state index in [0.29, 0.717) is 12.5 Å². The van der Waals surface area contributed by atoms with Gasteiger partial charge >= 0.3 is 6.09 Å². The third kappa shape index (κ3) is 5.24. The number of carbonyl (C=O) groups is 1. The molecule has 1 N–H and O–H groups in total. The lowest BCUT2D eigenvalue weighted by atomic mass is 9.98. The van der Waals surface area contributed by atoms with Gasteiger partial charge in [-0.1, -0.05) is 38.1 Å². The van der Waals surface area contributed by atoms with Crippen LogP contribution in [-0.4, -0.2) is 42.3 Å². The molecule has 1 aliphatic rings. The van der Waals surface area contributed by atoms with Crippen LogP contribution in [0.25, 0.3) is 0 Å². The van der Waals surface area contributed by atoms with Crippen molar-refractivity contribution in [2.45, 2.75) is 58.6 Å². The highest BCUT2D eigenvalue weighted by atomic mass is 16.6. The van der Waals surface area contributed by atoms with Gasteiger partial charge in [-0.3, -0.25) is 0 Å². The number of rotatable bonds is 3.